The Balaban J connectivity index is 2.62. The molecule has 0 amide bonds. The molecule has 0 saturated carbocycles. The zero-order valence-corrected chi connectivity index (χ0v) is 9.53. The Hall–Kier alpha value is -1.13. The van der Waals surface area contributed by atoms with Crippen molar-refractivity contribution in [3.63, 3.8) is 0 Å². The van der Waals surface area contributed by atoms with Gasteiger partial charge in [0.1, 0.15) is 6.04 Å². The standard InChI is InChI=1S/C9H13NO2Si/c11-9(12)8(10-13)6-7-4-2-1-3-5-7/h1-5,8,10H,6H2,13H3,(H,11,12)/t8-/m0/s1. The van der Waals surface area contributed by atoms with Crippen LogP contribution in [0.3, 0.4) is 0 Å². The highest BCUT2D eigenvalue weighted by atomic mass is 28.2. The molecule has 2 N–H and O–H groups in total. The van der Waals surface area contributed by atoms with Crippen molar-refractivity contribution < 1.29 is 9.90 Å². The second kappa shape index (κ2) is 4.79. The topological polar surface area (TPSA) is 49.3 Å². The van der Waals surface area contributed by atoms with Crippen LogP contribution >= 0.6 is 0 Å². The number of carboxylic acids is 1. The van der Waals surface area contributed by atoms with Gasteiger partial charge in [0.15, 0.2) is 0 Å². The molecule has 0 radical (unpaired) electrons. The maximum Gasteiger partial charge on any atom is 0.320 e. The van der Waals surface area contributed by atoms with E-state index < -0.39 is 12.0 Å². The Morgan fingerprint density at radius 3 is 2.54 bits per heavy atom. The fraction of sp³-hybridized carbons (Fsp3) is 0.222. The molecule has 0 aliphatic carbocycles. The number of carboxylic acid groups (broad SMARTS) is 1. The molecule has 0 heterocycles. The van der Waals surface area contributed by atoms with Gasteiger partial charge in [-0.3, -0.25) is 4.79 Å². The van der Waals surface area contributed by atoms with Crippen molar-refractivity contribution in [2.75, 3.05) is 0 Å². The van der Waals surface area contributed by atoms with E-state index in [1.165, 1.54) is 0 Å². The van der Waals surface area contributed by atoms with Crippen molar-refractivity contribution >= 4 is 16.4 Å². The third-order valence-electron chi connectivity index (χ3n) is 1.93. The van der Waals surface area contributed by atoms with Crippen LogP contribution in [0.2, 0.25) is 0 Å². The first-order chi connectivity index (χ1) is 6.24. The highest BCUT2D eigenvalue weighted by molar-refractivity contribution is 6.06. The first kappa shape index (κ1) is 9.95. The summed E-state index contributed by atoms with van der Waals surface area (Å²) in [5, 5.41) is 8.79. The van der Waals surface area contributed by atoms with Gasteiger partial charge in [0.2, 0.25) is 0 Å². The van der Waals surface area contributed by atoms with Gasteiger partial charge in [-0.15, -0.1) is 0 Å². The van der Waals surface area contributed by atoms with Crippen LogP contribution < -0.4 is 4.98 Å². The Morgan fingerprint density at radius 2 is 2.08 bits per heavy atom. The van der Waals surface area contributed by atoms with Crippen LogP contribution in [0.1, 0.15) is 5.56 Å². The van der Waals surface area contributed by atoms with Crippen molar-refractivity contribution in [2.24, 2.45) is 0 Å². The zero-order chi connectivity index (χ0) is 9.68. The summed E-state index contributed by atoms with van der Waals surface area (Å²) in [6.45, 7) is 0. The number of aliphatic carboxylic acids is 1. The number of rotatable bonds is 4. The minimum Gasteiger partial charge on any atom is -0.480 e. The van der Waals surface area contributed by atoms with E-state index in [2.05, 4.69) is 4.98 Å². The Bertz CT molecular complexity index is 276. The molecule has 1 aromatic rings. The SMILES string of the molecule is O=C(O)[C@H](Cc1ccccc1)N[SiH3]. The van der Waals surface area contributed by atoms with Gasteiger partial charge in [0, 0.05) is 0 Å². The van der Waals surface area contributed by atoms with E-state index >= 15 is 0 Å². The molecule has 70 valence electrons. The molecule has 1 rings (SSSR count). The predicted molar refractivity (Wildman–Crippen MR) is 54.6 cm³/mol. The summed E-state index contributed by atoms with van der Waals surface area (Å²) in [7, 11) is 0.700. The van der Waals surface area contributed by atoms with Gasteiger partial charge < -0.3 is 10.1 Å². The lowest BCUT2D eigenvalue weighted by atomic mass is 10.1. The summed E-state index contributed by atoms with van der Waals surface area (Å²) in [5.41, 5.74) is 1.05. The summed E-state index contributed by atoms with van der Waals surface area (Å²) in [4.78, 5) is 13.6. The molecule has 13 heavy (non-hydrogen) atoms. The molecule has 1 atom stereocenters. The molecule has 1 aromatic carbocycles. The second-order valence-electron chi connectivity index (χ2n) is 2.87. The lowest BCUT2D eigenvalue weighted by Gasteiger charge is -2.10. The summed E-state index contributed by atoms with van der Waals surface area (Å²) in [5.74, 6) is -0.779. The lowest BCUT2D eigenvalue weighted by molar-refractivity contribution is -0.138. The minimum atomic E-state index is -0.779. The van der Waals surface area contributed by atoms with Crippen LogP contribution in [0.5, 0.6) is 0 Å². The van der Waals surface area contributed by atoms with E-state index in [1.807, 2.05) is 30.3 Å². The Kier molecular flexibility index (Phi) is 3.66. The third-order valence-corrected chi connectivity index (χ3v) is 2.63. The zero-order valence-electron chi connectivity index (χ0n) is 7.53. The van der Waals surface area contributed by atoms with Crippen LogP contribution in [0.25, 0.3) is 0 Å². The van der Waals surface area contributed by atoms with Crippen molar-refractivity contribution in [3.05, 3.63) is 35.9 Å². The van der Waals surface area contributed by atoms with Crippen LogP contribution in [0.15, 0.2) is 30.3 Å². The van der Waals surface area contributed by atoms with Gasteiger partial charge >= 0.3 is 5.97 Å². The van der Waals surface area contributed by atoms with Crippen molar-refractivity contribution in [3.8, 4) is 0 Å². The molecule has 3 nitrogen and oxygen atoms in total. The average Bonchev–Trinajstić information content (AvgIpc) is 2.15. The molecule has 0 aliphatic heterocycles. The quantitative estimate of drug-likeness (QED) is 0.640. The highest BCUT2D eigenvalue weighted by Gasteiger charge is 2.14. The number of carbonyl (C=O) groups is 1. The van der Waals surface area contributed by atoms with Crippen molar-refractivity contribution in [1.82, 2.24) is 4.98 Å². The first-order valence-corrected chi connectivity index (χ1v) is 5.18. The van der Waals surface area contributed by atoms with E-state index in [1.54, 1.807) is 0 Å². The van der Waals surface area contributed by atoms with Gasteiger partial charge in [0.05, 0.1) is 10.4 Å². The molecule has 0 saturated heterocycles. The van der Waals surface area contributed by atoms with Crippen LogP contribution in [-0.4, -0.2) is 27.5 Å². The average molecular weight is 195 g/mol. The number of benzene rings is 1. The Labute approximate surface area is 80.3 Å². The molecule has 0 spiro atoms. The lowest BCUT2D eigenvalue weighted by Crippen LogP contribution is -2.36. The predicted octanol–water partition coefficient (Wildman–Crippen LogP) is -0.448. The first-order valence-electron chi connectivity index (χ1n) is 4.18. The summed E-state index contributed by atoms with van der Waals surface area (Å²) in [6, 6.07) is 9.20. The fourth-order valence-corrected chi connectivity index (χ4v) is 1.61. The smallest absolute Gasteiger partial charge is 0.320 e. The summed E-state index contributed by atoms with van der Waals surface area (Å²) in [6.07, 6.45) is 0.555. The maximum atomic E-state index is 10.7. The van der Waals surface area contributed by atoms with Crippen LogP contribution in [0.4, 0.5) is 0 Å². The molecule has 0 aliphatic rings. The van der Waals surface area contributed by atoms with E-state index in [0.717, 1.165) is 5.56 Å². The van der Waals surface area contributed by atoms with Crippen molar-refractivity contribution in [1.29, 1.82) is 0 Å². The fourth-order valence-electron chi connectivity index (χ4n) is 1.16. The minimum absolute atomic E-state index is 0.436. The van der Waals surface area contributed by atoms with Gasteiger partial charge in [-0.1, -0.05) is 30.3 Å². The van der Waals surface area contributed by atoms with Gasteiger partial charge in [-0.2, -0.15) is 0 Å². The maximum absolute atomic E-state index is 10.7. The molecule has 0 unspecified atom stereocenters. The van der Waals surface area contributed by atoms with Gasteiger partial charge in [-0.25, -0.2) is 0 Å². The Morgan fingerprint density at radius 1 is 1.46 bits per heavy atom. The monoisotopic (exact) mass is 195 g/mol. The van der Waals surface area contributed by atoms with Crippen LogP contribution in [-0.2, 0) is 11.2 Å². The van der Waals surface area contributed by atoms with Crippen LogP contribution in [0, 0.1) is 0 Å². The summed E-state index contributed by atoms with van der Waals surface area (Å²) < 4.78 is 0. The molecule has 0 aromatic heterocycles. The van der Waals surface area contributed by atoms with E-state index in [-0.39, 0.29) is 0 Å². The van der Waals surface area contributed by atoms with Gasteiger partial charge in [-0.05, 0) is 12.0 Å². The molecule has 0 bridgehead atoms. The molecular formula is C9H13NO2Si. The number of hydrogen-bond donors (Lipinski definition) is 2. The van der Waals surface area contributed by atoms with Crippen molar-refractivity contribution in [2.45, 2.75) is 12.5 Å². The van der Waals surface area contributed by atoms with E-state index in [9.17, 15) is 4.79 Å². The largest absolute Gasteiger partial charge is 0.480 e. The molecular weight excluding hydrogens is 182 g/mol. The summed E-state index contributed by atoms with van der Waals surface area (Å²) >= 11 is 0. The third kappa shape index (κ3) is 3.00. The highest BCUT2D eigenvalue weighted by Crippen LogP contribution is 2.02. The van der Waals surface area contributed by atoms with E-state index in [4.69, 9.17) is 5.11 Å². The normalized spacial score (nSPS) is 12.6. The number of nitrogens with one attached hydrogen (secondary N) is 1. The van der Waals surface area contributed by atoms with Gasteiger partial charge in [0.25, 0.3) is 0 Å². The molecule has 0 fully saturated rings. The molecule has 4 heteroatoms. The second-order valence-corrected chi connectivity index (χ2v) is 3.45. The number of hydrogen-bond acceptors (Lipinski definition) is 2. The van der Waals surface area contributed by atoms with E-state index in [0.29, 0.717) is 16.8 Å².